The van der Waals surface area contributed by atoms with Gasteiger partial charge >= 0.3 is 5.97 Å². The minimum absolute atomic E-state index is 0.00647. The molecule has 0 saturated heterocycles. The quantitative estimate of drug-likeness (QED) is 0.320. The second kappa shape index (κ2) is 11.0. The molecule has 1 N–H and O–H groups in total. The third-order valence-corrected chi connectivity index (χ3v) is 8.70. The SMILES string of the molecule is CCN1c2ncc(CCOc3ccc(S(=O)(=O)c4ccc(C(=O)O)cc4)cc3C)cc2C(=O)N(C)c2cccnc21. The number of ether oxygens (including phenoxy) is 1. The van der Waals surface area contributed by atoms with Crippen molar-refractivity contribution < 1.29 is 27.9 Å². The van der Waals surface area contributed by atoms with Gasteiger partial charge in [0.1, 0.15) is 11.6 Å². The van der Waals surface area contributed by atoms with Gasteiger partial charge in [0.25, 0.3) is 5.91 Å². The zero-order valence-corrected chi connectivity index (χ0v) is 23.6. The molecule has 2 aromatic heterocycles. The molecule has 10 nitrogen and oxygen atoms in total. The molecule has 11 heteroatoms. The van der Waals surface area contributed by atoms with Crippen molar-refractivity contribution in [1.29, 1.82) is 0 Å². The van der Waals surface area contributed by atoms with E-state index in [1.54, 1.807) is 43.4 Å². The monoisotopic (exact) mass is 572 g/mol. The van der Waals surface area contributed by atoms with Gasteiger partial charge in [0.2, 0.25) is 9.84 Å². The summed E-state index contributed by atoms with van der Waals surface area (Å²) in [4.78, 5) is 37.1. The summed E-state index contributed by atoms with van der Waals surface area (Å²) >= 11 is 0. The molecule has 0 unspecified atom stereocenters. The van der Waals surface area contributed by atoms with Gasteiger partial charge in [-0.1, -0.05) is 0 Å². The van der Waals surface area contributed by atoms with Crippen LogP contribution >= 0.6 is 0 Å². The van der Waals surface area contributed by atoms with Crippen LogP contribution in [0.4, 0.5) is 17.3 Å². The van der Waals surface area contributed by atoms with E-state index in [2.05, 4.69) is 9.97 Å². The van der Waals surface area contributed by atoms with E-state index in [0.717, 1.165) is 5.56 Å². The number of hydrogen-bond donors (Lipinski definition) is 1. The van der Waals surface area contributed by atoms with Crippen molar-refractivity contribution >= 4 is 39.0 Å². The van der Waals surface area contributed by atoms with E-state index in [-0.39, 0.29) is 27.9 Å². The van der Waals surface area contributed by atoms with Crippen LogP contribution in [0.2, 0.25) is 0 Å². The van der Waals surface area contributed by atoms with Gasteiger partial charge in [0.15, 0.2) is 5.82 Å². The number of anilines is 3. The number of carbonyl (C=O) groups excluding carboxylic acids is 1. The molecule has 0 spiro atoms. The molecule has 0 aliphatic carbocycles. The number of hydrogen-bond acceptors (Lipinski definition) is 8. The van der Waals surface area contributed by atoms with Crippen molar-refractivity contribution in [3.05, 3.63) is 95.3 Å². The first-order chi connectivity index (χ1) is 19.6. The Morgan fingerprint density at radius 2 is 1.73 bits per heavy atom. The fraction of sp³-hybridized carbons (Fsp3) is 0.200. The second-order valence-electron chi connectivity index (χ2n) is 9.53. The zero-order valence-electron chi connectivity index (χ0n) is 22.7. The summed E-state index contributed by atoms with van der Waals surface area (Å²) in [5.74, 6) is 0.453. The summed E-state index contributed by atoms with van der Waals surface area (Å²) < 4.78 is 32.1. The molecule has 0 atom stereocenters. The van der Waals surface area contributed by atoms with Crippen LogP contribution in [-0.4, -0.2) is 55.6 Å². The maximum absolute atomic E-state index is 13.3. The fourth-order valence-electron chi connectivity index (χ4n) is 4.70. The first kappa shape index (κ1) is 27.8. The number of rotatable bonds is 8. The number of pyridine rings is 2. The van der Waals surface area contributed by atoms with Crippen molar-refractivity contribution in [2.75, 3.05) is 30.0 Å². The first-order valence-electron chi connectivity index (χ1n) is 12.9. The Bertz CT molecular complexity index is 1760. The minimum Gasteiger partial charge on any atom is -0.493 e. The molecule has 3 heterocycles. The molecule has 0 saturated carbocycles. The average molecular weight is 573 g/mol. The lowest BCUT2D eigenvalue weighted by molar-refractivity contribution is 0.0696. The number of amides is 1. The van der Waals surface area contributed by atoms with Gasteiger partial charge in [-0.3, -0.25) is 4.79 Å². The van der Waals surface area contributed by atoms with E-state index in [1.807, 2.05) is 24.0 Å². The lowest BCUT2D eigenvalue weighted by atomic mass is 10.1. The molecule has 5 rings (SSSR count). The smallest absolute Gasteiger partial charge is 0.335 e. The molecule has 1 aliphatic heterocycles. The number of nitrogens with zero attached hydrogens (tertiary/aromatic N) is 4. The predicted octanol–water partition coefficient (Wildman–Crippen LogP) is 4.69. The highest BCUT2D eigenvalue weighted by Crippen LogP contribution is 2.37. The van der Waals surface area contributed by atoms with Crippen LogP contribution in [-0.2, 0) is 16.3 Å². The zero-order chi connectivity index (χ0) is 29.3. The number of aromatic nitrogens is 2. The van der Waals surface area contributed by atoms with E-state index >= 15 is 0 Å². The maximum Gasteiger partial charge on any atom is 0.335 e. The predicted molar refractivity (Wildman–Crippen MR) is 153 cm³/mol. The average Bonchev–Trinajstić information content (AvgIpc) is 3.06. The number of aromatic carboxylic acids is 1. The molecular formula is C30H28N4O6S. The van der Waals surface area contributed by atoms with Crippen molar-refractivity contribution in [3.8, 4) is 5.75 Å². The van der Waals surface area contributed by atoms with Crippen molar-refractivity contribution in [1.82, 2.24) is 9.97 Å². The third kappa shape index (κ3) is 5.23. The lowest BCUT2D eigenvalue weighted by Gasteiger charge is -2.22. The van der Waals surface area contributed by atoms with Gasteiger partial charge in [-0.2, -0.15) is 0 Å². The highest BCUT2D eigenvalue weighted by molar-refractivity contribution is 7.91. The van der Waals surface area contributed by atoms with Crippen LogP contribution in [0.3, 0.4) is 0 Å². The Morgan fingerprint density at radius 3 is 2.41 bits per heavy atom. The minimum atomic E-state index is -3.83. The van der Waals surface area contributed by atoms with Crippen LogP contribution < -0.4 is 14.5 Å². The number of carboxylic acid groups (broad SMARTS) is 1. The van der Waals surface area contributed by atoms with E-state index in [9.17, 15) is 18.0 Å². The molecule has 0 fully saturated rings. The topological polar surface area (TPSA) is 130 Å². The van der Waals surface area contributed by atoms with Gasteiger partial charge in [-0.05, 0) is 85.6 Å². The molecule has 1 amide bonds. The Labute approximate surface area is 237 Å². The molecule has 2 aromatic carbocycles. The van der Waals surface area contributed by atoms with Crippen LogP contribution in [0, 0.1) is 6.92 Å². The molecule has 41 heavy (non-hydrogen) atoms. The lowest BCUT2D eigenvalue weighted by Crippen LogP contribution is -2.25. The van der Waals surface area contributed by atoms with Crippen molar-refractivity contribution in [2.45, 2.75) is 30.1 Å². The van der Waals surface area contributed by atoms with Crippen LogP contribution in [0.15, 0.2) is 82.8 Å². The maximum atomic E-state index is 13.3. The number of carbonyl (C=O) groups is 2. The van der Waals surface area contributed by atoms with Gasteiger partial charge in [0, 0.05) is 32.4 Å². The summed E-state index contributed by atoms with van der Waals surface area (Å²) in [6, 6.07) is 15.2. The number of aryl methyl sites for hydroxylation is 1. The first-order valence-corrected chi connectivity index (χ1v) is 14.4. The summed E-state index contributed by atoms with van der Waals surface area (Å²) in [5, 5.41) is 9.06. The molecule has 1 aliphatic rings. The molecule has 210 valence electrons. The summed E-state index contributed by atoms with van der Waals surface area (Å²) in [7, 11) is -2.11. The van der Waals surface area contributed by atoms with Gasteiger partial charge in [-0.15, -0.1) is 0 Å². The van der Waals surface area contributed by atoms with E-state index in [4.69, 9.17) is 9.84 Å². The van der Waals surface area contributed by atoms with E-state index in [0.29, 0.717) is 47.2 Å². The number of carboxylic acids is 1. The van der Waals surface area contributed by atoms with Crippen LogP contribution in [0.1, 0.15) is 38.8 Å². The normalized spacial score (nSPS) is 12.9. The van der Waals surface area contributed by atoms with Crippen molar-refractivity contribution in [3.63, 3.8) is 0 Å². The third-order valence-electron chi connectivity index (χ3n) is 6.93. The number of fused-ring (bicyclic) bond motifs is 2. The Hall–Kier alpha value is -4.77. The Kier molecular flexibility index (Phi) is 7.46. The Balaban J connectivity index is 1.31. The number of sulfone groups is 1. The van der Waals surface area contributed by atoms with Gasteiger partial charge in [0.05, 0.1) is 33.2 Å². The number of benzene rings is 2. The molecule has 4 aromatic rings. The summed E-state index contributed by atoms with van der Waals surface area (Å²) in [6.07, 6.45) is 3.90. The molecule has 0 bridgehead atoms. The highest BCUT2D eigenvalue weighted by atomic mass is 32.2. The van der Waals surface area contributed by atoms with E-state index in [1.165, 1.54) is 36.4 Å². The fourth-order valence-corrected chi connectivity index (χ4v) is 6.05. The van der Waals surface area contributed by atoms with Crippen LogP contribution in [0.25, 0.3) is 0 Å². The highest BCUT2D eigenvalue weighted by Gasteiger charge is 2.30. The largest absolute Gasteiger partial charge is 0.493 e. The molecule has 0 radical (unpaired) electrons. The second-order valence-corrected chi connectivity index (χ2v) is 11.5. The van der Waals surface area contributed by atoms with E-state index < -0.39 is 15.8 Å². The van der Waals surface area contributed by atoms with Crippen LogP contribution in [0.5, 0.6) is 5.75 Å². The summed E-state index contributed by atoms with van der Waals surface area (Å²) in [5.41, 5.74) is 2.65. The standard InChI is InChI=1S/C30H28N4O6S/c1-4-34-27-24(29(35)33(3)25-6-5-14-31-28(25)34)17-20(18-32-27)13-15-40-26-12-11-23(16-19(26)2)41(38,39)22-9-7-21(8-10-22)30(36)37/h5-12,14,16-18H,4,13,15H2,1-3H3,(H,36,37). The molecular weight excluding hydrogens is 544 g/mol. The Morgan fingerprint density at radius 1 is 1.00 bits per heavy atom. The summed E-state index contributed by atoms with van der Waals surface area (Å²) in [6.45, 7) is 4.61. The van der Waals surface area contributed by atoms with Gasteiger partial charge < -0.3 is 19.6 Å². The van der Waals surface area contributed by atoms with Crippen molar-refractivity contribution in [2.24, 2.45) is 0 Å². The van der Waals surface area contributed by atoms with Gasteiger partial charge in [-0.25, -0.2) is 23.2 Å².